The van der Waals surface area contributed by atoms with E-state index in [1.165, 1.54) is 0 Å². The number of benzene rings is 1. The van der Waals surface area contributed by atoms with Gasteiger partial charge in [-0.25, -0.2) is 0 Å². The quantitative estimate of drug-likeness (QED) is 0.790. The Balaban J connectivity index is 2.12. The number of rotatable bonds is 7. The van der Waals surface area contributed by atoms with Crippen LogP contribution in [-0.2, 0) is 18.0 Å². The molecule has 0 aliphatic carbocycles. The zero-order chi connectivity index (χ0) is 15.3. The van der Waals surface area contributed by atoms with E-state index >= 15 is 0 Å². The molecule has 0 amide bonds. The maximum absolute atomic E-state index is 12.1. The summed E-state index contributed by atoms with van der Waals surface area (Å²) in [5, 5.41) is 4.31. The van der Waals surface area contributed by atoms with Gasteiger partial charge in [0.1, 0.15) is 13.3 Å². The second-order valence-corrected chi connectivity index (χ2v) is 4.91. The van der Waals surface area contributed by atoms with Gasteiger partial charge in [0, 0.05) is 12.7 Å². The van der Waals surface area contributed by atoms with E-state index in [1.54, 1.807) is 10.8 Å². The van der Waals surface area contributed by atoms with E-state index in [4.69, 9.17) is 4.74 Å². The van der Waals surface area contributed by atoms with E-state index in [1.807, 2.05) is 24.3 Å². The van der Waals surface area contributed by atoms with Crippen molar-refractivity contribution in [2.24, 2.45) is 0 Å². The Morgan fingerprint density at radius 2 is 2.05 bits per heavy atom. The fourth-order valence-electron chi connectivity index (χ4n) is 2.25. The second kappa shape index (κ2) is 6.95. The molecule has 0 fully saturated rings. The first-order valence-electron chi connectivity index (χ1n) is 6.93. The molecule has 0 saturated carbocycles. The normalized spacial score (nSPS) is 12.2. The van der Waals surface area contributed by atoms with Crippen LogP contribution in [0.4, 0.5) is 13.2 Å². The summed E-state index contributed by atoms with van der Waals surface area (Å²) >= 11 is 0. The molecule has 1 aromatic heterocycles. The minimum atomic E-state index is -4.30. The fourth-order valence-corrected chi connectivity index (χ4v) is 2.25. The van der Waals surface area contributed by atoms with Gasteiger partial charge in [0.25, 0.3) is 0 Å². The number of alkyl halides is 3. The molecule has 1 heterocycles. The molecule has 1 aromatic carbocycles. The molecule has 0 radical (unpaired) electrons. The van der Waals surface area contributed by atoms with Crippen LogP contribution in [-0.4, -0.2) is 23.9 Å². The molecule has 0 saturated heterocycles. The molecule has 6 heteroatoms. The number of hydrogen-bond acceptors (Lipinski definition) is 2. The lowest BCUT2D eigenvalue weighted by Crippen LogP contribution is -2.18. The van der Waals surface area contributed by atoms with E-state index in [-0.39, 0.29) is 6.73 Å². The molecule has 2 rings (SSSR count). The Hall–Kier alpha value is -1.53. The van der Waals surface area contributed by atoms with Gasteiger partial charge in [-0.3, -0.25) is 0 Å². The van der Waals surface area contributed by atoms with E-state index < -0.39 is 12.8 Å². The smallest absolute Gasteiger partial charge is 0.351 e. The summed E-state index contributed by atoms with van der Waals surface area (Å²) in [4.78, 5) is 0. The third-order valence-electron chi connectivity index (χ3n) is 3.11. The van der Waals surface area contributed by atoms with Crippen molar-refractivity contribution in [3.05, 3.63) is 36.0 Å². The van der Waals surface area contributed by atoms with Crippen LogP contribution in [0.15, 0.2) is 30.5 Å². The number of nitrogens with one attached hydrogen (secondary N) is 1. The van der Waals surface area contributed by atoms with Gasteiger partial charge < -0.3 is 14.6 Å². The average molecular weight is 300 g/mol. The highest BCUT2D eigenvalue weighted by Crippen LogP contribution is 2.21. The molecule has 0 aliphatic heterocycles. The van der Waals surface area contributed by atoms with Crippen molar-refractivity contribution in [3.63, 3.8) is 0 Å². The van der Waals surface area contributed by atoms with Crippen LogP contribution in [0.25, 0.3) is 10.9 Å². The number of halogens is 3. The molecule has 0 aliphatic rings. The largest absolute Gasteiger partial charge is 0.411 e. The third kappa shape index (κ3) is 4.47. The Morgan fingerprint density at radius 3 is 2.76 bits per heavy atom. The van der Waals surface area contributed by atoms with Crippen molar-refractivity contribution < 1.29 is 17.9 Å². The molecular weight excluding hydrogens is 281 g/mol. The molecule has 0 unspecified atom stereocenters. The molecule has 3 nitrogen and oxygen atoms in total. The summed E-state index contributed by atoms with van der Waals surface area (Å²) in [5.41, 5.74) is 1.98. The Labute approximate surface area is 121 Å². The standard InChI is InChI=1S/C15H19F3N2O/c1-2-7-19-9-13-5-3-4-12-6-8-20(14(12)13)11-21-10-15(16,17)18/h3-6,8,19H,2,7,9-11H2,1H3. The molecule has 0 atom stereocenters. The fraction of sp³-hybridized carbons (Fsp3) is 0.467. The number of aromatic nitrogens is 1. The van der Waals surface area contributed by atoms with Crippen molar-refractivity contribution in [1.82, 2.24) is 9.88 Å². The zero-order valence-corrected chi connectivity index (χ0v) is 11.9. The van der Waals surface area contributed by atoms with E-state index in [0.717, 1.165) is 29.4 Å². The summed E-state index contributed by atoms with van der Waals surface area (Å²) in [7, 11) is 0. The van der Waals surface area contributed by atoms with Gasteiger partial charge >= 0.3 is 6.18 Å². The summed E-state index contributed by atoms with van der Waals surface area (Å²) in [6.07, 6.45) is -1.51. The van der Waals surface area contributed by atoms with Crippen LogP contribution in [0.1, 0.15) is 18.9 Å². The van der Waals surface area contributed by atoms with E-state index in [9.17, 15) is 13.2 Å². The summed E-state index contributed by atoms with van der Waals surface area (Å²) in [6.45, 7) is 2.34. The Morgan fingerprint density at radius 1 is 1.24 bits per heavy atom. The van der Waals surface area contributed by atoms with Crippen LogP contribution in [0.3, 0.4) is 0 Å². The second-order valence-electron chi connectivity index (χ2n) is 4.91. The van der Waals surface area contributed by atoms with Crippen molar-refractivity contribution in [2.75, 3.05) is 13.2 Å². The van der Waals surface area contributed by atoms with Gasteiger partial charge in [0.05, 0.1) is 5.52 Å². The third-order valence-corrected chi connectivity index (χ3v) is 3.11. The zero-order valence-electron chi connectivity index (χ0n) is 11.9. The SMILES string of the molecule is CCCNCc1cccc2ccn(COCC(F)(F)F)c12. The summed E-state index contributed by atoms with van der Waals surface area (Å²) in [6, 6.07) is 7.76. The number of ether oxygens (including phenoxy) is 1. The first-order valence-corrected chi connectivity index (χ1v) is 6.93. The van der Waals surface area contributed by atoms with Crippen molar-refractivity contribution >= 4 is 10.9 Å². The minimum Gasteiger partial charge on any atom is -0.351 e. The molecule has 2 aromatic rings. The van der Waals surface area contributed by atoms with Crippen LogP contribution in [0, 0.1) is 0 Å². The lowest BCUT2D eigenvalue weighted by Gasteiger charge is -2.12. The lowest BCUT2D eigenvalue weighted by molar-refractivity contribution is -0.181. The monoisotopic (exact) mass is 300 g/mol. The topological polar surface area (TPSA) is 26.2 Å². The highest BCUT2D eigenvalue weighted by Gasteiger charge is 2.27. The molecule has 1 N–H and O–H groups in total. The van der Waals surface area contributed by atoms with Crippen molar-refractivity contribution in [1.29, 1.82) is 0 Å². The minimum absolute atomic E-state index is 0.103. The molecule has 0 spiro atoms. The van der Waals surface area contributed by atoms with Gasteiger partial charge in [-0.05, 0) is 30.0 Å². The summed E-state index contributed by atoms with van der Waals surface area (Å²) < 4.78 is 42.9. The Kier molecular flexibility index (Phi) is 5.25. The highest BCUT2D eigenvalue weighted by atomic mass is 19.4. The van der Waals surface area contributed by atoms with E-state index in [2.05, 4.69) is 12.2 Å². The van der Waals surface area contributed by atoms with Crippen LogP contribution < -0.4 is 5.32 Å². The number of hydrogen-bond donors (Lipinski definition) is 1. The summed E-state index contributed by atoms with van der Waals surface area (Å²) in [5.74, 6) is 0. The first-order chi connectivity index (χ1) is 10.0. The average Bonchev–Trinajstić information content (AvgIpc) is 2.82. The van der Waals surface area contributed by atoms with Crippen LogP contribution >= 0.6 is 0 Å². The maximum atomic E-state index is 12.1. The predicted octanol–water partition coefficient (Wildman–Crippen LogP) is 3.68. The number of para-hydroxylation sites is 1. The number of nitrogens with zero attached hydrogens (tertiary/aromatic N) is 1. The molecule has 0 bridgehead atoms. The van der Waals surface area contributed by atoms with Gasteiger partial charge in [-0.1, -0.05) is 25.1 Å². The maximum Gasteiger partial charge on any atom is 0.411 e. The molecule has 21 heavy (non-hydrogen) atoms. The van der Waals surface area contributed by atoms with Crippen molar-refractivity contribution in [3.8, 4) is 0 Å². The van der Waals surface area contributed by atoms with Gasteiger partial charge in [0.15, 0.2) is 0 Å². The highest BCUT2D eigenvalue weighted by molar-refractivity contribution is 5.83. The van der Waals surface area contributed by atoms with Crippen LogP contribution in [0.2, 0.25) is 0 Å². The lowest BCUT2D eigenvalue weighted by atomic mass is 10.1. The first kappa shape index (κ1) is 15.9. The predicted molar refractivity (Wildman–Crippen MR) is 75.9 cm³/mol. The van der Waals surface area contributed by atoms with Crippen LogP contribution in [0.5, 0.6) is 0 Å². The molecular formula is C15H19F3N2O. The van der Waals surface area contributed by atoms with Crippen molar-refractivity contribution in [2.45, 2.75) is 32.8 Å². The number of fused-ring (bicyclic) bond motifs is 1. The molecule has 116 valence electrons. The van der Waals surface area contributed by atoms with Gasteiger partial charge in [-0.2, -0.15) is 13.2 Å². The van der Waals surface area contributed by atoms with E-state index in [0.29, 0.717) is 6.54 Å². The van der Waals surface area contributed by atoms with Gasteiger partial charge in [0.2, 0.25) is 0 Å². The van der Waals surface area contributed by atoms with Gasteiger partial charge in [-0.15, -0.1) is 0 Å². The Bertz CT molecular complexity index is 578.